The molecule has 0 aliphatic carbocycles. The third-order valence-electron chi connectivity index (χ3n) is 4.55. The van der Waals surface area contributed by atoms with Crippen molar-refractivity contribution in [1.82, 2.24) is 0 Å². The molecular weight excluding hydrogens is 260 g/mol. The maximum absolute atomic E-state index is 10.0. The number of nitriles is 1. The van der Waals surface area contributed by atoms with Crippen LogP contribution in [0.15, 0.2) is 36.4 Å². The molecule has 3 heteroatoms. The highest BCUT2D eigenvalue weighted by atomic mass is 16.3. The number of rotatable bonds is 2. The molecule has 3 atom stereocenters. The molecular formula is C18H20N2O. The largest absolute Gasteiger partial charge is 0.391 e. The van der Waals surface area contributed by atoms with Gasteiger partial charge in [-0.05, 0) is 55.7 Å². The highest BCUT2D eigenvalue weighted by Gasteiger charge is 2.33. The van der Waals surface area contributed by atoms with Crippen LogP contribution in [0.2, 0.25) is 0 Å². The molecule has 3 nitrogen and oxygen atoms in total. The summed E-state index contributed by atoms with van der Waals surface area (Å²) in [7, 11) is 0. The van der Waals surface area contributed by atoms with Gasteiger partial charge in [0.05, 0.1) is 23.8 Å². The van der Waals surface area contributed by atoms with Crippen molar-refractivity contribution in [2.45, 2.75) is 44.9 Å². The zero-order chi connectivity index (χ0) is 15.0. The van der Waals surface area contributed by atoms with Gasteiger partial charge in [-0.2, -0.15) is 5.26 Å². The third kappa shape index (κ3) is 2.36. The number of anilines is 1. The van der Waals surface area contributed by atoms with Gasteiger partial charge in [0.1, 0.15) is 0 Å². The highest BCUT2D eigenvalue weighted by molar-refractivity contribution is 5.90. The van der Waals surface area contributed by atoms with Crippen LogP contribution in [0.5, 0.6) is 0 Å². The molecule has 1 heterocycles. The second kappa shape index (κ2) is 5.38. The Morgan fingerprint density at radius 2 is 2.10 bits per heavy atom. The quantitative estimate of drug-likeness (QED) is 0.916. The molecule has 0 spiro atoms. The summed E-state index contributed by atoms with van der Waals surface area (Å²) in [6, 6.07) is 14.9. The number of hydrogen-bond acceptors (Lipinski definition) is 3. The van der Waals surface area contributed by atoms with E-state index in [4.69, 9.17) is 0 Å². The van der Waals surface area contributed by atoms with Crippen LogP contribution < -0.4 is 4.90 Å². The summed E-state index contributed by atoms with van der Waals surface area (Å²) < 4.78 is 0. The van der Waals surface area contributed by atoms with Gasteiger partial charge in [0.25, 0.3) is 0 Å². The molecule has 0 radical (unpaired) electrons. The zero-order valence-electron chi connectivity index (χ0n) is 12.5. The summed E-state index contributed by atoms with van der Waals surface area (Å²) in [5, 5.41) is 21.3. The Hall–Kier alpha value is -2.05. The molecule has 0 aromatic heterocycles. The van der Waals surface area contributed by atoms with E-state index in [9.17, 15) is 10.4 Å². The molecule has 1 saturated heterocycles. The van der Waals surface area contributed by atoms with Crippen LogP contribution in [0.1, 0.15) is 32.3 Å². The monoisotopic (exact) mass is 280 g/mol. The number of benzene rings is 2. The molecule has 1 N–H and O–H groups in total. The van der Waals surface area contributed by atoms with Gasteiger partial charge in [-0.15, -0.1) is 0 Å². The van der Waals surface area contributed by atoms with Crippen LogP contribution in [-0.4, -0.2) is 23.3 Å². The van der Waals surface area contributed by atoms with Crippen LogP contribution in [-0.2, 0) is 0 Å². The standard InChI is InChI=1S/C18H20N2O/c1-12-6-9-18(13(2)21)20(12)16-7-8-17-14(10-16)4-3-5-15(17)11-19/h3-5,7-8,10,12-13,18,21H,6,9H2,1-2H3/t12-,13-,18-/m1/s1. The first kappa shape index (κ1) is 13.9. The Morgan fingerprint density at radius 3 is 2.81 bits per heavy atom. The molecule has 0 unspecified atom stereocenters. The van der Waals surface area contributed by atoms with E-state index in [-0.39, 0.29) is 12.1 Å². The summed E-state index contributed by atoms with van der Waals surface area (Å²) in [5.74, 6) is 0. The van der Waals surface area contributed by atoms with E-state index in [0.29, 0.717) is 11.6 Å². The maximum Gasteiger partial charge on any atom is 0.0998 e. The Kier molecular flexibility index (Phi) is 3.57. The first-order valence-electron chi connectivity index (χ1n) is 7.51. The van der Waals surface area contributed by atoms with Crippen molar-refractivity contribution < 1.29 is 5.11 Å². The molecule has 2 aromatic rings. The molecule has 3 rings (SSSR count). The lowest BCUT2D eigenvalue weighted by Gasteiger charge is -2.32. The smallest absolute Gasteiger partial charge is 0.0998 e. The molecule has 1 aliphatic heterocycles. The molecule has 0 amide bonds. The SMILES string of the molecule is C[C@@H]1CC[C@H]([C@@H](C)O)N1c1ccc2c(C#N)cccc2c1. The zero-order valence-corrected chi connectivity index (χ0v) is 12.5. The number of hydrogen-bond donors (Lipinski definition) is 1. The summed E-state index contributed by atoms with van der Waals surface area (Å²) >= 11 is 0. The minimum Gasteiger partial charge on any atom is -0.391 e. The topological polar surface area (TPSA) is 47.3 Å². The fraction of sp³-hybridized carbons (Fsp3) is 0.389. The average Bonchev–Trinajstić information content (AvgIpc) is 2.88. The average molecular weight is 280 g/mol. The van der Waals surface area contributed by atoms with Crippen molar-refractivity contribution in [3.05, 3.63) is 42.0 Å². The van der Waals surface area contributed by atoms with Crippen LogP contribution in [0, 0.1) is 11.3 Å². The molecule has 1 aliphatic rings. The Labute approximate surface area is 125 Å². The van der Waals surface area contributed by atoms with E-state index in [1.807, 2.05) is 31.2 Å². The lowest BCUT2D eigenvalue weighted by atomic mass is 10.0. The first-order chi connectivity index (χ1) is 10.1. The number of nitrogens with zero attached hydrogens (tertiary/aromatic N) is 2. The second-order valence-electron chi connectivity index (χ2n) is 5.96. The molecule has 1 fully saturated rings. The lowest BCUT2D eigenvalue weighted by Crippen LogP contribution is -2.40. The number of fused-ring (bicyclic) bond motifs is 1. The van der Waals surface area contributed by atoms with Crippen molar-refractivity contribution in [2.75, 3.05) is 4.90 Å². The van der Waals surface area contributed by atoms with E-state index in [1.165, 1.54) is 0 Å². The molecule has 0 bridgehead atoms. The number of aliphatic hydroxyl groups excluding tert-OH is 1. The van der Waals surface area contributed by atoms with Gasteiger partial charge in [0.15, 0.2) is 0 Å². The third-order valence-corrected chi connectivity index (χ3v) is 4.55. The predicted molar refractivity (Wildman–Crippen MR) is 85.3 cm³/mol. The fourth-order valence-corrected chi connectivity index (χ4v) is 3.47. The number of aliphatic hydroxyl groups is 1. The van der Waals surface area contributed by atoms with Gasteiger partial charge in [-0.1, -0.05) is 18.2 Å². The van der Waals surface area contributed by atoms with Crippen molar-refractivity contribution in [3.8, 4) is 6.07 Å². The van der Waals surface area contributed by atoms with Gasteiger partial charge < -0.3 is 10.0 Å². The van der Waals surface area contributed by atoms with Crippen LogP contribution in [0.4, 0.5) is 5.69 Å². The van der Waals surface area contributed by atoms with Crippen LogP contribution in [0.25, 0.3) is 10.8 Å². The second-order valence-corrected chi connectivity index (χ2v) is 5.96. The maximum atomic E-state index is 10.0. The van der Waals surface area contributed by atoms with E-state index < -0.39 is 0 Å². The van der Waals surface area contributed by atoms with E-state index in [1.54, 1.807) is 0 Å². The minimum absolute atomic E-state index is 0.177. The van der Waals surface area contributed by atoms with Gasteiger partial charge in [0, 0.05) is 11.7 Å². The normalized spacial score (nSPS) is 23.2. The summed E-state index contributed by atoms with van der Waals surface area (Å²) in [4.78, 5) is 2.32. The van der Waals surface area contributed by atoms with Gasteiger partial charge >= 0.3 is 0 Å². The summed E-state index contributed by atoms with van der Waals surface area (Å²) in [5.41, 5.74) is 1.84. The first-order valence-corrected chi connectivity index (χ1v) is 7.51. The summed E-state index contributed by atoms with van der Waals surface area (Å²) in [6.07, 6.45) is 1.79. The van der Waals surface area contributed by atoms with Crippen LogP contribution in [0.3, 0.4) is 0 Å². The molecule has 21 heavy (non-hydrogen) atoms. The van der Waals surface area contributed by atoms with E-state index in [2.05, 4.69) is 30.0 Å². The minimum atomic E-state index is -0.337. The Morgan fingerprint density at radius 1 is 1.29 bits per heavy atom. The van der Waals surface area contributed by atoms with Gasteiger partial charge in [0.2, 0.25) is 0 Å². The van der Waals surface area contributed by atoms with Gasteiger partial charge in [-0.3, -0.25) is 0 Å². The molecule has 2 aromatic carbocycles. The van der Waals surface area contributed by atoms with Gasteiger partial charge in [-0.25, -0.2) is 0 Å². The van der Waals surface area contributed by atoms with E-state index >= 15 is 0 Å². The fourth-order valence-electron chi connectivity index (χ4n) is 3.47. The predicted octanol–water partition coefficient (Wildman–Crippen LogP) is 3.45. The highest BCUT2D eigenvalue weighted by Crippen LogP contribution is 2.34. The Bertz CT molecular complexity index is 702. The summed E-state index contributed by atoms with van der Waals surface area (Å²) in [6.45, 7) is 4.07. The van der Waals surface area contributed by atoms with E-state index in [0.717, 1.165) is 29.3 Å². The van der Waals surface area contributed by atoms with Crippen molar-refractivity contribution in [1.29, 1.82) is 5.26 Å². The lowest BCUT2D eigenvalue weighted by molar-refractivity contribution is 0.163. The Balaban J connectivity index is 2.07. The molecule has 108 valence electrons. The van der Waals surface area contributed by atoms with Crippen molar-refractivity contribution >= 4 is 16.5 Å². The van der Waals surface area contributed by atoms with Crippen LogP contribution >= 0.6 is 0 Å². The van der Waals surface area contributed by atoms with Crippen molar-refractivity contribution in [3.63, 3.8) is 0 Å². The van der Waals surface area contributed by atoms with Crippen molar-refractivity contribution in [2.24, 2.45) is 0 Å². The molecule has 0 saturated carbocycles.